The number of aromatic nitrogens is 1. The van der Waals surface area contributed by atoms with E-state index in [-0.39, 0.29) is 5.91 Å². The van der Waals surface area contributed by atoms with E-state index in [4.69, 9.17) is 0 Å². The highest BCUT2D eigenvalue weighted by molar-refractivity contribution is 7.16. The standard InChI is InChI=1S/C14H19N3OS/c1-3-4-5-10-13(18)15-16-14-17(2)11-8-6-7-9-12(11)19-14/h6-9H,3-5,10H2,1-2H3,(H,15,18)/b16-14-. The molecule has 1 heterocycles. The van der Waals surface area contributed by atoms with Crippen LogP contribution in [0.15, 0.2) is 29.4 Å². The van der Waals surface area contributed by atoms with Gasteiger partial charge in [-0.1, -0.05) is 43.2 Å². The third kappa shape index (κ3) is 3.44. The van der Waals surface area contributed by atoms with Gasteiger partial charge in [-0.05, 0) is 18.6 Å². The molecule has 0 aliphatic heterocycles. The molecule has 0 bridgehead atoms. The van der Waals surface area contributed by atoms with Gasteiger partial charge in [0.15, 0.2) is 0 Å². The molecule has 1 aromatic heterocycles. The lowest BCUT2D eigenvalue weighted by Crippen LogP contribution is -2.22. The van der Waals surface area contributed by atoms with Crippen LogP contribution < -0.4 is 10.2 Å². The van der Waals surface area contributed by atoms with Crippen LogP contribution in [0.3, 0.4) is 0 Å². The maximum atomic E-state index is 11.6. The molecule has 19 heavy (non-hydrogen) atoms. The van der Waals surface area contributed by atoms with Crippen LogP contribution in [0.4, 0.5) is 0 Å². The van der Waals surface area contributed by atoms with Gasteiger partial charge in [0.05, 0.1) is 10.2 Å². The molecule has 102 valence electrons. The van der Waals surface area contributed by atoms with Gasteiger partial charge < -0.3 is 4.57 Å². The molecular formula is C14H19N3OS. The quantitative estimate of drug-likeness (QED) is 0.663. The monoisotopic (exact) mass is 277 g/mol. The fourth-order valence-corrected chi connectivity index (χ4v) is 2.87. The second kappa shape index (κ2) is 6.52. The Labute approximate surface area is 116 Å². The van der Waals surface area contributed by atoms with E-state index in [9.17, 15) is 4.79 Å². The lowest BCUT2D eigenvalue weighted by Gasteiger charge is -1.98. The number of carbonyl (C=O) groups is 1. The van der Waals surface area contributed by atoms with Crippen molar-refractivity contribution < 1.29 is 4.79 Å². The third-order valence-electron chi connectivity index (χ3n) is 3.00. The van der Waals surface area contributed by atoms with Crippen molar-refractivity contribution in [2.45, 2.75) is 32.6 Å². The predicted molar refractivity (Wildman–Crippen MR) is 78.6 cm³/mol. The predicted octanol–water partition coefficient (Wildman–Crippen LogP) is 2.75. The van der Waals surface area contributed by atoms with E-state index in [1.54, 1.807) is 11.3 Å². The van der Waals surface area contributed by atoms with Gasteiger partial charge in [0, 0.05) is 13.5 Å². The highest BCUT2D eigenvalue weighted by Crippen LogP contribution is 2.14. The summed E-state index contributed by atoms with van der Waals surface area (Å²) in [5.74, 6) is -0.00842. The summed E-state index contributed by atoms with van der Waals surface area (Å²) in [6.45, 7) is 2.12. The number of carbonyl (C=O) groups excluding carboxylic acids is 1. The summed E-state index contributed by atoms with van der Waals surface area (Å²) in [7, 11) is 1.96. The van der Waals surface area contributed by atoms with Crippen molar-refractivity contribution in [3.63, 3.8) is 0 Å². The maximum Gasteiger partial charge on any atom is 0.240 e. The molecule has 0 saturated heterocycles. The van der Waals surface area contributed by atoms with Crippen LogP contribution in [0.5, 0.6) is 0 Å². The molecule has 1 aromatic carbocycles. The first-order valence-electron chi connectivity index (χ1n) is 6.59. The number of thiazole rings is 1. The first-order chi connectivity index (χ1) is 9.22. The molecule has 5 heteroatoms. The second-order valence-corrected chi connectivity index (χ2v) is 5.52. The van der Waals surface area contributed by atoms with Crippen molar-refractivity contribution in [3.8, 4) is 0 Å². The molecule has 0 aliphatic rings. The molecule has 4 nitrogen and oxygen atoms in total. The number of amides is 1. The summed E-state index contributed by atoms with van der Waals surface area (Å²) < 4.78 is 3.16. The van der Waals surface area contributed by atoms with Gasteiger partial charge in [-0.2, -0.15) is 0 Å². The molecule has 0 unspecified atom stereocenters. The average molecular weight is 277 g/mol. The Balaban J connectivity index is 2.09. The van der Waals surface area contributed by atoms with Gasteiger partial charge in [-0.15, -0.1) is 5.10 Å². The van der Waals surface area contributed by atoms with Gasteiger partial charge in [-0.25, -0.2) is 5.43 Å². The average Bonchev–Trinajstić information content (AvgIpc) is 2.74. The minimum atomic E-state index is -0.00842. The Kier molecular flexibility index (Phi) is 4.74. The smallest absolute Gasteiger partial charge is 0.240 e. The molecule has 0 fully saturated rings. The second-order valence-electron chi connectivity index (χ2n) is 4.52. The Hall–Kier alpha value is -1.62. The molecule has 1 amide bonds. The van der Waals surface area contributed by atoms with Crippen molar-refractivity contribution in [2.24, 2.45) is 12.1 Å². The molecule has 0 radical (unpaired) electrons. The highest BCUT2D eigenvalue weighted by Gasteiger charge is 2.02. The minimum absolute atomic E-state index is 0.00842. The Bertz CT molecular complexity index is 627. The number of nitrogens with one attached hydrogen (secondary N) is 1. The summed E-state index contributed by atoms with van der Waals surface area (Å²) in [4.78, 5) is 12.4. The summed E-state index contributed by atoms with van der Waals surface area (Å²) in [5.41, 5.74) is 3.77. The Morgan fingerprint density at radius 2 is 2.16 bits per heavy atom. The van der Waals surface area contributed by atoms with E-state index >= 15 is 0 Å². The van der Waals surface area contributed by atoms with Crippen LogP contribution in [-0.2, 0) is 11.8 Å². The first-order valence-corrected chi connectivity index (χ1v) is 7.41. The summed E-state index contributed by atoms with van der Waals surface area (Å²) in [6, 6.07) is 8.12. The molecule has 0 saturated carbocycles. The van der Waals surface area contributed by atoms with Crippen molar-refractivity contribution >= 4 is 27.5 Å². The molecule has 2 rings (SSSR count). The number of hydrogen-bond acceptors (Lipinski definition) is 3. The summed E-state index contributed by atoms with van der Waals surface area (Å²) in [5, 5.41) is 4.20. The zero-order chi connectivity index (χ0) is 13.7. The number of aryl methyl sites for hydroxylation is 1. The van der Waals surface area contributed by atoms with Gasteiger partial charge in [0.25, 0.3) is 0 Å². The zero-order valence-electron chi connectivity index (χ0n) is 11.3. The fourth-order valence-electron chi connectivity index (χ4n) is 1.89. The van der Waals surface area contributed by atoms with Gasteiger partial charge in [0.2, 0.25) is 10.7 Å². The number of nitrogens with zero attached hydrogens (tertiary/aromatic N) is 2. The van der Waals surface area contributed by atoms with E-state index < -0.39 is 0 Å². The number of fused-ring (bicyclic) bond motifs is 1. The van der Waals surface area contributed by atoms with E-state index in [0.717, 1.165) is 29.6 Å². The van der Waals surface area contributed by atoms with Gasteiger partial charge in [0.1, 0.15) is 0 Å². The van der Waals surface area contributed by atoms with Crippen molar-refractivity contribution in [1.29, 1.82) is 0 Å². The van der Waals surface area contributed by atoms with E-state index in [2.05, 4.69) is 23.5 Å². The van der Waals surface area contributed by atoms with Crippen LogP contribution in [0, 0.1) is 0 Å². The number of unbranched alkanes of at least 4 members (excludes halogenated alkanes) is 2. The normalized spacial score (nSPS) is 12.0. The third-order valence-corrected chi connectivity index (χ3v) is 4.11. The largest absolute Gasteiger partial charge is 0.318 e. The van der Waals surface area contributed by atoms with E-state index in [0.29, 0.717) is 6.42 Å². The lowest BCUT2D eigenvalue weighted by atomic mass is 10.2. The van der Waals surface area contributed by atoms with Crippen LogP contribution in [-0.4, -0.2) is 10.5 Å². The summed E-state index contributed by atoms with van der Waals surface area (Å²) in [6.07, 6.45) is 3.68. The van der Waals surface area contributed by atoms with Gasteiger partial charge in [-0.3, -0.25) is 4.79 Å². The molecule has 1 N–H and O–H groups in total. The lowest BCUT2D eigenvalue weighted by molar-refractivity contribution is -0.121. The molecule has 0 spiro atoms. The molecule has 0 atom stereocenters. The number of para-hydroxylation sites is 1. The SMILES string of the molecule is CCCCCC(=O)N/N=c1\sc2ccccc2n1C. The first kappa shape index (κ1) is 13.8. The fraction of sp³-hybridized carbons (Fsp3) is 0.429. The highest BCUT2D eigenvalue weighted by atomic mass is 32.1. The molecule has 2 aromatic rings. The van der Waals surface area contributed by atoms with Gasteiger partial charge >= 0.3 is 0 Å². The number of rotatable bonds is 5. The molecule has 0 aliphatic carbocycles. The summed E-state index contributed by atoms with van der Waals surface area (Å²) >= 11 is 1.58. The number of hydrogen-bond donors (Lipinski definition) is 1. The minimum Gasteiger partial charge on any atom is -0.318 e. The van der Waals surface area contributed by atoms with E-state index in [1.165, 1.54) is 4.70 Å². The topological polar surface area (TPSA) is 46.4 Å². The Morgan fingerprint density at radius 1 is 1.37 bits per heavy atom. The van der Waals surface area contributed by atoms with Crippen LogP contribution in [0.1, 0.15) is 32.6 Å². The van der Waals surface area contributed by atoms with Crippen molar-refractivity contribution in [2.75, 3.05) is 0 Å². The number of benzene rings is 1. The van der Waals surface area contributed by atoms with Crippen LogP contribution in [0.25, 0.3) is 10.2 Å². The van der Waals surface area contributed by atoms with Crippen LogP contribution in [0.2, 0.25) is 0 Å². The van der Waals surface area contributed by atoms with E-state index in [1.807, 2.05) is 29.8 Å². The van der Waals surface area contributed by atoms with Crippen LogP contribution >= 0.6 is 11.3 Å². The zero-order valence-corrected chi connectivity index (χ0v) is 12.2. The van der Waals surface area contributed by atoms with Crippen molar-refractivity contribution in [3.05, 3.63) is 29.1 Å². The van der Waals surface area contributed by atoms with Crippen molar-refractivity contribution in [1.82, 2.24) is 9.99 Å². The Morgan fingerprint density at radius 3 is 2.89 bits per heavy atom. The maximum absolute atomic E-state index is 11.6. The molecular weight excluding hydrogens is 258 g/mol.